The fraction of sp³-hybridized carbons (Fsp3) is 0.364. The average molecular weight is 384 g/mol. The summed E-state index contributed by atoms with van der Waals surface area (Å²) >= 11 is 0. The molecule has 0 aliphatic heterocycles. The number of amides is 2. The Bertz CT molecular complexity index is 680. The molecule has 0 aromatic heterocycles. The normalized spacial score (nSPS) is 10.7. The zero-order valence-electron chi connectivity index (χ0n) is 16.5. The van der Waals surface area contributed by atoms with E-state index < -0.39 is 0 Å². The Morgan fingerprint density at radius 2 is 1.50 bits per heavy atom. The van der Waals surface area contributed by atoms with E-state index in [9.17, 15) is 9.59 Å². The number of rotatable bonds is 11. The van der Waals surface area contributed by atoms with Crippen LogP contribution in [0, 0.1) is 0 Å². The van der Waals surface area contributed by atoms with Crippen LogP contribution < -0.4 is 10.2 Å². The molecular weight excluding hydrogens is 356 g/mol. The fourth-order valence-corrected chi connectivity index (χ4v) is 2.56. The largest absolute Gasteiger partial charge is 0.379 e. The summed E-state index contributed by atoms with van der Waals surface area (Å²) in [6.07, 6.45) is 0.917. The average Bonchev–Trinajstić information content (AvgIpc) is 2.69. The Morgan fingerprint density at radius 3 is 2.04 bits per heavy atom. The molecule has 1 N–H and O–H groups in total. The highest BCUT2D eigenvalue weighted by Gasteiger charge is 2.18. The lowest BCUT2D eigenvalue weighted by Gasteiger charge is -2.23. The second-order valence-electron chi connectivity index (χ2n) is 6.52. The molecular formula is C22H28N2O4. The van der Waals surface area contributed by atoms with Crippen molar-refractivity contribution in [3.05, 3.63) is 60.7 Å². The van der Waals surface area contributed by atoms with Gasteiger partial charge in [0.2, 0.25) is 5.91 Å². The molecule has 28 heavy (non-hydrogen) atoms. The summed E-state index contributed by atoms with van der Waals surface area (Å²) in [4.78, 5) is 26.2. The van der Waals surface area contributed by atoms with Crippen LogP contribution in [0.15, 0.2) is 60.7 Å². The minimum absolute atomic E-state index is 0.159. The van der Waals surface area contributed by atoms with Gasteiger partial charge in [0.1, 0.15) is 13.2 Å². The van der Waals surface area contributed by atoms with Crippen molar-refractivity contribution in [2.45, 2.75) is 26.4 Å². The van der Waals surface area contributed by atoms with Crippen molar-refractivity contribution >= 4 is 23.2 Å². The third-order valence-electron chi connectivity index (χ3n) is 3.83. The molecule has 0 saturated carbocycles. The molecule has 0 heterocycles. The molecule has 2 amide bonds. The predicted octanol–water partition coefficient (Wildman–Crippen LogP) is 3.30. The minimum atomic E-state index is -0.247. The number of benzene rings is 2. The number of nitrogens with zero attached hydrogens (tertiary/aromatic N) is 1. The quantitative estimate of drug-likeness (QED) is 0.604. The first kappa shape index (κ1) is 21.6. The zero-order chi connectivity index (χ0) is 20.2. The maximum Gasteiger partial charge on any atom is 0.257 e. The van der Waals surface area contributed by atoms with Crippen molar-refractivity contribution in [3.63, 3.8) is 0 Å². The Kier molecular flexibility index (Phi) is 9.18. The van der Waals surface area contributed by atoms with Gasteiger partial charge in [0, 0.05) is 24.5 Å². The Labute approximate surface area is 166 Å². The molecule has 2 aromatic carbocycles. The summed E-state index contributed by atoms with van der Waals surface area (Å²) in [5.74, 6) is -0.487. The molecule has 0 spiro atoms. The van der Waals surface area contributed by atoms with Gasteiger partial charge in [0.15, 0.2) is 0 Å². The van der Waals surface area contributed by atoms with E-state index in [1.54, 1.807) is 4.90 Å². The molecule has 6 heteroatoms. The van der Waals surface area contributed by atoms with Gasteiger partial charge in [-0.3, -0.25) is 14.5 Å². The number of para-hydroxylation sites is 2. The number of carbonyl (C=O) groups is 2. The van der Waals surface area contributed by atoms with Crippen LogP contribution in [-0.4, -0.2) is 44.3 Å². The molecule has 0 radical (unpaired) electrons. The lowest BCUT2D eigenvalue weighted by molar-refractivity contribution is -0.129. The molecule has 0 aliphatic carbocycles. The SMILES string of the molecule is CC(C)OCCCNC(=O)COCC(=O)N(c1ccccc1)c1ccccc1. The summed E-state index contributed by atoms with van der Waals surface area (Å²) in [5.41, 5.74) is 1.49. The molecule has 150 valence electrons. The van der Waals surface area contributed by atoms with E-state index in [1.807, 2.05) is 74.5 Å². The second-order valence-corrected chi connectivity index (χ2v) is 6.52. The van der Waals surface area contributed by atoms with Crippen molar-refractivity contribution in [1.29, 1.82) is 0 Å². The highest BCUT2D eigenvalue weighted by Crippen LogP contribution is 2.24. The smallest absolute Gasteiger partial charge is 0.257 e. The maximum atomic E-state index is 12.7. The van der Waals surface area contributed by atoms with Crippen LogP contribution in [-0.2, 0) is 19.1 Å². The summed E-state index contributed by atoms with van der Waals surface area (Å²) < 4.78 is 10.8. The van der Waals surface area contributed by atoms with Gasteiger partial charge >= 0.3 is 0 Å². The standard InChI is InChI=1S/C22H28N2O4/c1-18(2)28-15-9-14-23-21(25)16-27-17-22(26)24(19-10-5-3-6-11-19)20-12-7-4-8-13-20/h3-8,10-13,18H,9,14-17H2,1-2H3,(H,23,25). The minimum Gasteiger partial charge on any atom is -0.379 e. The number of carbonyl (C=O) groups excluding carboxylic acids is 2. The van der Waals surface area contributed by atoms with Gasteiger partial charge < -0.3 is 14.8 Å². The van der Waals surface area contributed by atoms with Gasteiger partial charge in [0.05, 0.1) is 6.10 Å². The molecule has 0 unspecified atom stereocenters. The highest BCUT2D eigenvalue weighted by atomic mass is 16.5. The van der Waals surface area contributed by atoms with Gasteiger partial charge in [-0.2, -0.15) is 0 Å². The summed E-state index contributed by atoms with van der Waals surface area (Å²) in [7, 11) is 0. The summed E-state index contributed by atoms with van der Waals surface area (Å²) in [6, 6.07) is 18.7. The maximum absolute atomic E-state index is 12.7. The molecule has 6 nitrogen and oxygen atoms in total. The third-order valence-corrected chi connectivity index (χ3v) is 3.83. The number of ether oxygens (including phenoxy) is 2. The van der Waals surface area contributed by atoms with Crippen molar-refractivity contribution in [3.8, 4) is 0 Å². The fourth-order valence-electron chi connectivity index (χ4n) is 2.56. The van der Waals surface area contributed by atoms with E-state index in [0.29, 0.717) is 13.2 Å². The molecule has 0 atom stereocenters. The number of nitrogens with one attached hydrogen (secondary N) is 1. The van der Waals surface area contributed by atoms with Crippen LogP contribution in [0.4, 0.5) is 11.4 Å². The number of hydrogen-bond acceptors (Lipinski definition) is 4. The molecule has 0 saturated heterocycles. The van der Waals surface area contributed by atoms with E-state index >= 15 is 0 Å². The predicted molar refractivity (Wildman–Crippen MR) is 110 cm³/mol. The topological polar surface area (TPSA) is 67.9 Å². The van der Waals surface area contributed by atoms with Crippen LogP contribution in [0.1, 0.15) is 20.3 Å². The number of hydrogen-bond donors (Lipinski definition) is 1. The van der Waals surface area contributed by atoms with Crippen molar-refractivity contribution in [1.82, 2.24) is 5.32 Å². The molecule has 0 fully saturated rings. The Hall–Kier alpha value is -2.70. The third kappa shape index (κ3) is 7.50. The zero-order valence-corrected chi connectivity index (χ0v) is 16.5. The van der Waals surface area contributed by atoms with Crippen LogP contribution in [0.3, 0.4) is 0 Å². The van der Waals surface area contributed by atoms with Crippen LogP contribution in [0.5, 0.6) is 0 Å². The van der Waals surface area contributed by atoms with E-state index in [4.69, 9.17) is 9.47 Å². The highest BCUT2D eigenvalue weighted by molar-refractivity contribution is 6.01. The second kappa shape index (κ2) is 11.9. The van der Waals surface area contributed by atoms with Gasteiger partial charge in [-0.1, -0.05) is 36.4 Å². The molecule has 0 aliphatic rings. The van der Waals surface area contributed by atoms with Gasteiger partial charge in [-0.15, -0.1) is 0 Å². The first-order chi connectivity index (χ1) is 13.6. The van der Waals surface area contributed by atoms with E-state index in [0.717, 1.165) is 17.8 Å². The first-order valence-corrected chi connectivity index (χ1v) is 9.47. The van der Waals surface area contributed by atoms with E-state index in [1.165, 1.54) is 0 Å². The first-order valence-electron chi connectivity index (χ1n) is 9.47. The number of anilines is 2. The van der Waals surface area contributed by atoms with Crippen LogP contribution >= 0.6 is 0 Å². The Morgan fingerprint density at radius 1 is 0.929 bits per heavy atom. The van der Waals surface area contributed by atoms with Crippen molar-refractivity contribution < 1.29 is 19.1 Å². The lowest BCUT2D eigenvalue weighted by Crippen LogP contribution is -2.33. The lowest BCUT2D eigenvalue weighted by atomic mass is 10.2. The molecule has 2 aromatic rings. The van der Waals surface area contributed by atoms with Crippen molar-refractivity contribution in [2.24, 2.45) is 0 Å². The van der Waals surface area contributed by atoms with Crippen molar-refractivity contribution in [2.75, 3.05) is 31.3 Å². The van der Waals surface area contributed by atoms with Gasteiger partial charge in [0.25, 0.3) is 5.91 Å². The molecule has 2 rings (SSSR count). The van der Waals surface area contributed by atoms with Crippen LogP contribution in [0.2, 0.25) is 0 Å². The van der Waals surface area contributed by atoms with Crippen LogP contribution in [0.25, 0.3) is 0 Å². The van der Waals surface area contributed by atoms with E-state index in [2.05, 4.69) is 5.32 Å². The van der Waals surface area contributed by atoms with E-state index in [-0.39, 0.29) is 31.1 Å². The van der Waals surface area contributed by atoms with Gasteiger partial charge in [-0.25, -0.2) is 0 Å². The Balaban J connectivity index is 1.81. The summed E-state index contributed by atoms with van der Waals surface area (Å²) in [6.45, 7) is 4.71. The summed E-state index contributed by atoms with van der Waals surface area (Å²) in [5, 5.41) is 2.75. The van der Waals surface area contributed by atoms with Gasteiger partial charge in [-0.05, 0) is 44.5 Å². The molecule has 0 bridgehead atoms. The monoisotopic (exact) mass is 384 g/mol.